The number of nitrogens with one attached hydrogen (secondary N) is 3. The molecule has 13 nitrogen and oxygen atoms in total. The summed E-state index contributed by atoms with van der Waals surface area (Å²) in [6.07, 6.45) is -1.25. The Morgan fingerprint density at radius 2 is 1.45 bits per heavy atom. The number of aliphatic hydroxyl groups is 1. The number of carbonyl (C=O) groups is 5. The second-order valence-corrected chi connectivity index (χ2v) is 7.56. The van der Waals surface area contributed by atoms with Crippen molar-refractivity contribution in [3.63, 3.8) is 0 Å². The van der Waals surface area contributed by atoms with Crippen LogP contribution in [0.5, 0.6) is 0 Å². The van der Waals surface area contributed by atoms with Crippen molar-refractivity contribution in [2.75, 3.05) is 6.54 Å². The van der Waals surface area contributed by atoms with E-state index in [1.165, 1.54) is 6.92 Å². The molecule has 5 atom stereocenters. The van der Waals surface area contributed by atoms with Gasteiger partial charge in [0.25, 0.3) is 0 Å². The largest absolute Gasteiger partial charge is 0.480 e. The molecule has 0 saturated carbocycles. The van der Waals surface area contributed by atoms with E-state index in [2.05, 4.69) is 16.0 Å². The van der Waals surface area contributed by atoms with Crippen molar-refractivity contribution in [3.05, 3.63) is 0 Å². The number of carboxylic acid groups (broad SMARTS) is 1. The summed E-state index contributed by atoms with van der Waals surface area (Å²) in [7, 11) is 0. The maximum Gasteiger partial charge on any atom is 0.326 e. The van der Waals surface area contributed by atoms with Crippen LogP contribution in [0.2, 0.25) is 0 Å². The van der Waals surface area contributed by atoms with Crippen molar-refractivity contribution < 1.29 is 34.2 Å². The molecule has 0 aliphatic heterocycles. The van der Waals surface area contributed by atoms with E-state index < -0.39 is 72.2 Å². The summed E-state index contributed by atoms with van der Waals surface area (Å²) in [5.41, 5.74) is 16.1. The predicted octanol–water partition coefficient (Wildman–Crippen LogP) is -3.50. The number of rotatable bonds is 14. The number of aliphatic carboxylic acids is 1. The number of primary amides is 1. The highest BCUT2D eigenvalue weighted by molar-refractivity contribution is 5.95. The Morgan fingerprint density at radius 1 is 0.903 bits per heavy atom. The zero-order valence-corrected chi connectivity index (χ0v) is 18.0. The lowest BCUT2D eigenvalue weighted by Crippen LogP contribution is -2.59. The fourth-order valence-electron chi connectivity index (χ4n) is 2.53. The first-order chi connectivity index (χ1) is 14.3. The number of carbonyl (C=O) groups excluding carboxylic acids is 4. The third-order valence-electron chi connectivity index (χ3n) is 4.42. The zero-order chi connectivity index (χ0) is 24.3. The molecule has 0 aromatic rings. The zero-order valence-electron chi connectivity index (χ0n) is 18.0. The smallest absolute Gasteiger partial charge is 0.326 e. The van der Waals surface area contributed by atoms with E-state index in [9.17, 15) is 29.1 Å². The van der Waals surface area contributed by atoms with Crippen molar-refractivity contribution in [1.82, 2.24) is 16.0 Å². The summed E-state index contributed by atoms with van der Waals surface area (Å²) in [6, 6.07) is -5.07. The van der Waals surface area contributed by atoms with Crippen LogP contribution in [0.25, 0.3) is 0 Å². The lowest BCUT2D eigenvalue weighted by Gasteiger charge is -2.27. The molecule has 0 aliphatic carbocycles. The van der Waals surface area contributed by atoms with Gasteiger partial charge in [0.2, 0.25) is 23.6 Å². The van der Waals surface area contributed by atoms with Gasteiger partial charge in [-0.2, -0.15) is 0 Å². The van der Waals surface area contributed by atoms with Crippen LogP contribution in [0.1, 0.15) is 40.0 Å². The van der Waals surface area contributed by atoms with Crippen molar-refractivity contribution >= 4 is 29.6 Å². The Bertz CT molecular complexity index is 655. The van der Waals surface area contributed by atoms with Gasteiger partial charge in [0.15, 0.2) is 0 Å². The number of nitrogens with two attached hydrogens (primary N) is 3. The summed E-state index contributed by atoms with van der Waals surface area (Å²) in [6.45, 7) is 4.79. The summed E-state index contributed by atoms with van der Waals surface area (Å²) < 4.78 is 0. The van der Waals surface area contributed by atoms with Gasteiger partial charge in [-0.25, -0.2) is 4.79 Å². The number of amides is 4. The molecule has 0 saturated heterocycles. The molecule has 0 bridgehead atoms. The maximum atomic E-state index is 12.8. The van der Waals surface area contributed by atoms with Crippen LogP contribution in [-0.4, -0.2) is 76.6 Å². The molecule has 0 heterocycles. The van der Waals surface area contributed by atoms with Crippen LogP contribution in [0.15, 0.2) is 0 Å². The van der Waals surface area contributed by atoms with E-state index in [-0.39, 0.29) is 13.0 Å². The monoisotopic (exact) mass is 446 g/mol. The highest BCUT2D eigenvalue weighted by atomic mass is 16.4. The number of hydrogen-bond donors (Lipinski definition) is 8. The van der Waals surface area contributed by atoms with Crippen LogP contribution in [0, 0.1) is 5.92 Å². The van der Waals surface area contributed by atoms with Crippen molar-refractivity contribution in [2.24, 2.45) is 23.1 Å². The predicted molar refractivity (Wildman–Crippen MR) is 110 cm³/mol. The minimum absolute atomic E-state index is 0.145. The van der Waals surface area contributed by atoms with Gasteiger partial charge in [-0.1, -0.05) is 13.8 Å². The third-order valence-corrected chi connectivity index (χ3v) is 4.42. The van der Waals surface area contributed by atoms with Crippen molar-refractivity contribution in [2.45, 2.75) is 70.3 Å². The van der Waals surface area contributed by atoms with Gasteiger partial charge in [0.1, 0.15) is 24.2 Å². The molecule has 0 radical (unpaired) electrons. The van der Waals surface area contributed by atoms with E-state index in [1.54, 1.807) is 13.8 Å². The molecule has 31 heavy (non-hydrogen) atoms. The van der Waals surface area contributed by atoms with E-state index >= 15 is 0 Å². The van der Waals surface area contributed by atoms with Crippen LogP contribution in [-0.2, 0) is 24.0 Å². The molecule has 11 N–H and O–H groups in total. The van der Waals surface area contributed by atoms with Crippen LogP contribution in [0.4, 0.5) is 0 Å². The van der Waals surface area contributed by atoms with E-state index in [0.717, 1.165) is 0 Å². The normalized spacial score (nSPS) is 15.8. The Balaban J connectivity index is 5.40. The summed E-state index contributed by atoms with van der Waals surface area (Å²) in [4.78, 5) is 59.8. The summed E-state index contributed by atoms with van der Waals surface area (Å²) in [5.74, 6) is -5.14. The first-order valence-electron chi connectivity index (χ1n) is 9.87. The van der Waals surface area contributed by atoms with Gasteiger partial charge in [0.05, 0.1) is 12.5 Å². The molecule has 13 heteroatoms. The van der Waals surface area contributed by atoms with E-state index in [4.69, 9.17) is 22.3 Å². The first kappa shape index (κ1) is 28.2. The van der Waals surface area contributed by atoms with E-state index in [1.807, 2.05) is 0 Å². The topological polar surface area (TPSA) is 240 Å². The minimum atomic E-state index is -1.56. The minimum Gasteiger partial charge on any atom is -0.480 e. The van der Waals surface area contributed by atoms with Gasteiger partial charge in [-0.15, -0.1) is 0 Å². The van der Waals surface area contributed by atoms with Crippen molar-refractivity contribution in [1.29, 1.82) is 0 Å². The second-order valence-electron chi connectivity index (χ2n) is 7.56. The molecule has 0 spiro atoms. The molecule has 0 unspecified atom stereocenters. The van der Waals surface area contributed by atoms with Crippen molar-refractivity contribution in [3.8, 4) is 0 Å². The number of carboxylic acids is 1. The standard InChI is InChI=1S/C18H34N6O7/c1-8(2)14(17(29)23-11(18(30)31)7-12(20)26)24-15(27)10(5-4-6-19)22-16(28)13(21)9(3)25/h8-11,13-14,25H,4-7,19,21H2,1-3H3,(H2,20,26)(H,22,28)(H,23,29)(H,24,27)(H,30,31)/t9-,10+,11+,13+,14+/m1/s1. The average molecular weight is 447 g/mol. The van der Waals surface area contributed by atoms with E-state index in [0.29, 0.717) is 6.42 Å². The highest BCUT2D eigenvalue weighted by Crippen LogP contribution is 2.06. The molecule has 0 aromatic carbocycles. The molecule has 0 rings (SSSR count). The SMILES string of the molecule is CC(C)[C@H](NC(=O)[C@H](CCCN)NC(=O)[C@@H](N)[C@@H](C)O)C(=O)N[C@@H](CC(N)=O)C(=O)O. The highest BCUT2D eigenvalue weighted by Gasteiger charge is 2.32. The third kappa shape index (κ3) is 10.2. The van der Waals surface area contributed by atoms with Crippen LogP contribution in [0.3, 0.4) is 0 Å². The quantitative estimate of drug-likeness (QED) is 0.132. The Kier molecular flexibility index (Phi) is 12.3. The fraction of sp³-hybridized carbons (Fsp3) is 0.722. The van der Waals surface area contributed by atoms with Gasteiger partial charge in [-0.3, -0.25) is 19.2 Å². The average Bonchev–Trinajstić information content (AvgIpc) is 2.66. The lowest BCUT2D eigenvalue weighted by molar-refractivity contribution is -0.144. The van der Waals surface area contributed by atoms with Crippen LogP contribution < -0.4 is 33.2 Å². The van der Waals surface area contributed by atoms with Gasteiger partial charge >= 0.3 is 5.97 Å². The van der Waals surface area contributed by atoms with Gasteiger partial charge < -0.3 is 43.4 Å². The second kappa shape index (κ2) is 13.5. The molecule has 0 fully saturated rings. The molecule has 0 aliphatic rings. The van der Waals surface area contributed by atoms with Crippen LogP contribution >= 0.6 is 0 Å². The summed E-state index contributed by atoms with van der Waals surface area (Å²) >= 11 is 0. The molecular weight excluding hydrogens is 412 g/mol. The van der Waals surface area contributed by atoms with Gasteiger partial charge in [-0.05, 0) is 32.2 Å². The first-order valence-corrected chi connectivity index (χ1v) is 9.87. The fourth-order valence-corrected chi connectivity index (χ4v) is 2.53. The number of hydrogen-bond acceptors (Lipinski definition) is 8. The lowest BCUT2D eigenvalue weighted by atomic mass is 10.0. The summed E-state index contributed by atoms with van der Waals surface area (Å²) in [5, 5.41) is 25.7. The molecule has 4 amide bonds. The molecule has 0 aromatic heterocycles. The Labute approximate surface area is 180 Å². The molecular formula is C18H34N6O7. The van der Waals surface area contributed by atoms with Gasteiger partial charge in [0, 0.05) is 0 Å². The Hall–Kier alpha value is -2.77. The maximum absolute atomic E-state index is 12.8. The molecule has 178 valence electrons. The number of aliphatic hydroxyl groups excluding tert-OH is 1. The Morgan fingerprint density at radius 3 is 1.87 bits per heavy atom.